The lowest BCUT2D eigenvalue weighted by molar-refractivity contribution is -0.137. The van der Waals surface area contributed by atoms with Gasteiger partial charge in [-0.05, 0) is 29.8 Å². The average molecular weight is 330 g/mol. The Labute approximate surface area is 125 Å². The number of nitrogens with zero attached hydrogens (tertiary/aromatic N) is 2. The van der Waals surface area contributed by atoms with Gasteiger partial charge in [-0.15, -0.1) is 0 Å². The van der Waals surface area contributed by atoms with E-state index < -0.39 is 21.4 Å². The van der Waals surface area contributed by atoms with Crippen LogP contribution in [0.15, 0.2) is 30.5 Å². The summed E-state index contributed by atoms with van der Waals surface area (Å²) in [5.41, 5.74) is 5.05. The Balaban J connectivity index is 2.69. The van der Waals surface area contributed by atoms with E-state index in [1.54, 1.807) is 0 Å². The fraction of sp³-hybridized carbons (Fsp3) is 0.154. The smallest absolute Gasteiger partial charge is 0.368 e. The number of nitrogen functional groups attached to an aromatic ring is 1. The van der Waals surface area contributed by atoms with Gasteiger partial charge >= 0.3 is 6.18 Å². The summed E-state index contributed by atoms with van der Waals surface area (Å²) >= 11 is 0. The van der Waals surface area contributed by atoms with Crippen LogP contribution in [-0.4, -0.2) is 25.8 Å². The number of aromatic nitrogens is 2. The Hall–Kier alpha value is -2.13. The number of alkyl halides is 3. The molecule has 0 bridgehead atoms. The second-order valence-corrected chi connectivity index (χ2v) is 6.89. The van der Waals surface area contributed by atoms with Crippen LogP contribution in [0.1, 0.15) is 11.1 Å². The van der Waals surface area contributed by atoms with Gasteiger partial charge in [-0.1, -0.05) is 0 Å². The number of nitrogens with two attached hydrogens (primary N) is 2. The fourth-order valence-corrected chi connectivity index (χ4v) is 2.51. The Kier molecular flexibility index (Phi) is 4.12. The van der Waals surface area contributed by atoms with Gasteiger partial charge in [-0.2, -0.15) is 13.2 Å². The van der Waals surface area contributed by atoms with Gasteiger partial charge in [0.05, 0.1) is 11.3 Å². The zero-order chi connectivity index (χ0) is 16.5. The number of rotatable bonds is 2. The summed E-state index contributed by atoms with van der Waals surface area (Å²) in [6.45, 7) is 0. The normalized spacial score (nSPS) is 14.4. The Morgan fingerprint density at radius 3 is 2.50 bits per heavy atom. The lowest BCUT2D eigenvalue weighted by Gasteiger charge is -2.11. The molecule has 0 aliphatic heterocycles. The van der Waals surface area contributed by atoms with E-state index in [1.165, 1.54) is 24.6 Å². The van der Waals surface area contributed by atoms with Crippen LogP contribution in [0.2, 0.25) is 0 Å². The summed E-state index contributed by atoms with van der Waals surface area (Å²) in [6, 6.07) is 4.66. The molecular formula is C13H13F3N4OS. The maximum absolute atomic E-state index is 13.0. The van der Waals surface area contributed by atoms with E-state index in [9.17, 15) is 17.4 Å². The first kappa shape index (κ1) is 16.2. The highest BCUT2D eigenvalue weighted by atomic mass is 32.2. The summed E-state index contributed by atoms with van der Waals surface area (Å²) in [5, 5.41) is 6.48. The molecule has 118 valence electrons. The molecule has 0 spiro atoms. The van der Waals surface area contributed by atoms with Gasteiger partial charge in [0.2, 0.25) is 5.95 Å². The molecule has 0 aliphatic rings. The van der Waals surface area contributed by atoms with E-state index in [4.69, 9.17) is 10.9 Å². The van der Waals surface area contributed by atoms with Gasteiger partial charge < -0.3 is 5.73 Å². The minimum atomic E-state index is -4.56. The molecule has 0 fully saturated rings. The summed E-state index contributed by atoms with van der Waals surface area (Å²) in [4.78, 5) is 7.58. The monoisotopic (exact) mass is 330 g/mol. The summed E-state index contributed by atoms with van der Waals surface area (Å²) in [7, 11) is -2.85. The molecule has 2 rings (SSSR count). The Bertz CT molecular complexity index is 818. The summed E-state index contributed by atoms with van der Waals surface area (Å²) < 4.78 is 50.6. The van der Waals surface area contributed by atoms with Crippen LogP contribution in [-0.2, 0) is 15.9 Å². The van der Waals surface area contributed by atoms with Crippen LogP contribution in [0, 0.1) is 0 Å². The van der Waals surface area contributed by atoms with Crippen molar-refractivity contribution in [3.05, 3.63) is 41.6 Å². The summed E-state index contributed by atoms with van der Waals surface area (Å²) in [6.07, 6.45) is -1.98. The first-order valence-electron chi connectivity index (χ1n) is 5.97. The van der Waals surface area contributed by atoms with Crippen LogP contribution in [0.3, 0.4) is 0 Å². The van der Waals surface area contributed by atoms with Gasteiger partial charge in [-0.25, -0.2) is 9.97 Å². The molecule has 1 unspecified atom stereocenters. The van der Waals surface area contributed by atoms with Crippen molar-refractivity contribution in [1.82, 2.24) is 9.97 Å². The lowest BCUT2D eigenvalue weighted by atomic mass is 10.0. The van der Waals surface area contributed by atoms with Crippen molar-refractivity contribution in [3.8, 4) is 11.3 Å². The molecule has 5 nitrogen and oxygen atoms in total. The third kappa shape index (κ3) is 4.18. The molecule has 1 aromatic heterocycles. The van der Waals surface area contributed by atoms with E-state index in [0.29, 0.717) is 0 Å². The quantitative estimate of drug-likeness (QED) is 0.819. The molecule has 0 aliphatic carbocycles. The number of hydrogen-bond acceptors (Lipinski definition) is 4. The number of hydrogen-bond donors (Lipinski definition) is 2. The first-order valence-corrected chi connectivity index (χ1v) is 8.07. The van der Waals surface area contributed by atoms with Crippen molar-refractivity contribution in [2.24, 2.45) is 5.14 Å². The number of halogens is 3. The van der Waals surface area contributed by atoms with Crippen molar-refractivity contribution in [3.63, 3.8) is 0 Å². The fourth-order valence-electron chi connectivity index (χ4n) is 1.84. The van der Waals surface area contributed by atoms with E-state index in [1.807, 2.05) is 0 Å². The molecular weight excluding hydrogens is 317 g/mol. The van der Waals surface area contributed by atoms with E-state index >= 15 is 0 Å². The molecule has 1 aromatic carbocycles. The Morgan fingerprint density at radius 2 is 1.95 bits per heavy atom. The van der Waals surface area contributed by atoms with Crippen LogP contribution in [0.4, 0.5) is 19.1 Å². The van der Waals surface area contributed by atoms with Gasteiger partial charge in [0, 0.05) is 33.1 Å². The Morgan fingerprint density at radius 1 is 1.27 bits per heavy atom. The maximum atomic E-state index is 13.0. The molecule has 0 amide bonds. The molecule has 9 heteroatoms. The van der Waals surface area contributed by atoms with Crippen molar-refractivity contribution in [1.29, 1.82) is 0 Å². The molecule has 1 heterocycles. The topological polar surface area (TPSA) is 94.9 Å². The SMILES string of the molecule is CS(N)(=O)=Cc1cc(-c2ccnc(N)n2)cc(C(F)(F)F)c1. The lowest BCUT2D eigenvalue weighted by Crippen LogP contribution is -2.14. The second-order valence-electron chi connectivity index (χ2n) is 4.73. The zero-order valence-electron chi connectivity index (χ0n) is 11.5. The van der Waals surface area contributed by atoms with Crippen LogP contribution >= 0.6 is 0 Å². The van der Waals surface area contributed by atoms with Gasteiger partial charge in [-0.3, -0.25) is 9.35 Å². The molecule has 0 saturated carbocycles. The van der Waals surface area contributed by atoms with E-state index in [2.05, 4.69) is 9.97 Å². The minimum Gasteiger partial charge on any atom is -0.368 e. The van der Waals surface area contributed by atoms with Crippen molar-refractivity contribution in [2.45, 2.75) is 6.18 Å². The second kappa shape index (κ2) is 5.58. The predicted molar refractivity (Wildman–Crippen MR) is 80.3 cm³/mol. The van der Waals surface area contributed by atoms with Gasteiger partial charge in [0.1, 0.15) is 0 Å². The molecule has 2 aromatic rings. The highest BCUT2D eigenvalue weighted by Gasteiger charge is 2.31. The third-order valence-corrected chi connectivity index (χ3v) is 3.36. The van der Waals surface area contributed by atoms with Crippen LogP contribution < -0.4 is 10.9 Å². The molecule has 1 atom stereocenters. The third-order valence-electron chi connectivity index (χ3n) is 2.62. The van der Waals surface area contributed by atoms with Crippen LogP contribution in [0.25, 0.3) is 11.3 Å². The van der Waals surface area contributed by atoms with Crippen LogP contribution in [0.5, 0.6) is 0 Å². The van der Waals surface area contributed by atoms with Gasteiger partial charge in [0.15, 0.2) is 0 Å². The molecule has 0 saturated heterocycles. The number of benzene rings is 1. The molecule has 4 N–H and O–H groups in total. The highest BCUT2D eigenvalue weighted by Crippen LogP contribution is 2.32. The standard InChI is InChI=1S/C13H13F3N4OS/c1-22(18,21)7-8-4-9(6-10(5-8)13(14,15)16)11-2-3-19-12(17)20-11/h2-7H,1H3,(H2,18,21)(H2,17,19,20). The molecule has 0 radical (unpaired) electrons. The van der Waals surface area contributed by atoms with Gasteiger partial charge in [0.25, 0.3) is 0 Å². The molecule has 22 heavy (non-hydrogen) atoms. The zero-order valence-corrected chi connectivity index (χ0v) is 12.3. The largest absolute Gasteiger partial charge is 0.416 e. The predicted octanol–water partition coefficient (Wildman–Crippen LogP) is 1.68. The van der Waals surface area contributed by atoms with Crippen molar-refractivity contribution in [2.75, 3.05) is 12.0 Å². The highest BCUT2D eigenvalue weighted by molar-refractivity contribution is 7.98. The van der Waals surface area contributed by atoms with Crippen molar-refractivity contribution >= 4 is 21.0 Å². The van der Waals surface area contributed by atoms with E-state index in [-0.39, 0.29) is 22.8 Å². The van der Waals surface area contributed by atoms with Crippen molar-refractivity contribution < 1.29 is 17.4 Å². The minimum absolute atomic E-state index is 0.0569. The van der Waals surface area contributed by atoms with E-state index in [0.717, 1.165) is 17.5 Å². The maximum Gasteiger partial charge on any atom is 0.416 e. The first-order chi connectivity index (χ1) is 10.0. The number of anilines is 1. The average Bonchev–Trinajstić information content (AvgIpc) is 2.35. The summed E-state index contributed by atoms with van der Waals surface area (Å²) in [5.74, 6) is -0.0569.